The normalized spacial score (nSPS) is 10.2. The highest BCUT2D eigenvalue weighted by Crippen LogP contribution is 2.38. The van der Waals surface area contributed by atoms with Crippen molar-refractivity contribution in [2.75, 3.05) is 34.5 Å². The van der Waals surface area contributed by atoms with Gasteiger partial charge in [-0.2, -0.15) is 0 Å². The molecule has 0 aliphatic rings. The van der Waals surface area contributed by atoms with Crippen molar-refractivity contribution in [3.05, 3.63) is 46.5 Å². The first kappa shape index (κ1) is 19.7. The van der Waals surface area contributed by atoms with Crippen LogP contribution in [0.2, 0.25) is 5.02 Å². The molecule has 2 aromatic carbocycles. The Morgan fingerprint density at radius 2 is 1.69 bits per heavy atom. The van der Waals surface area contributed by atoms with Crippen LogP contribution in [0.3, 0.4) is 0 Å². The molecule has 26 heavy (non-hydrogen) atoms. The van der Waals surface area contributed by atoms with Crippen LogP contribution in [0.15, 0.2) is 30.3 Å². The van der Waals surface area contributed by atoms with E-state index in [-0.39, 0.29) is 5.91 Å². The number of rotatable bonds is 8. The van der Waals surface area contributed by atoms with Crippen molar-refractivity contribution in [2.45, 2.75) is 6.92 Å². The first-order valence-electron chi connectivity index (χ1n) is 7.97. The Hall–Kier alpha value is -2.60. The van der Waals surface area contributed by atoms with Crippen LogP contribution in [0.25, 0.3) is 0 Å². The number of hydrogen-bond acceptors (Lipinski definition) is 5. The number of hydrogen-bond donors (Lipinski definition) is 1. The molecular weight excluding hydrogens is 358 g/mol. The van der Waals surface area contributed by atoms with E-state index in [0.29, 0.717) is 46.7 Å². The summed E-state index contributed by atoms with van der Waals surface area (Å²) in [5.41, 5.74) is 1.34. The molecule has 0 spiro atoms. The minimum Gasteiger partial charge on any atom is -0.493 e. The molecule has 0 saturated heterocycles. The predicted octanol–water partition coefficient (Wildman–Crippen LogP) is 3.48. The number of carbonyl (C=O) groups excluding carboxylic acids is 1. The molecule has 0 aliphatic heterocycles. The fraction of sp³-hybridized carbons (Fsp3) is 0.316. The van der Waals surface area contributed by atoms with Crippen molar-refractivity contribution >= 4 is 17.5 Å². The molecule has 1 amide bonds. The molecular formula is C19H22ClNO5. The third kappa shape index (κ3) is 4.73. The quantitative estimate of drug-likeness (QED) is 0.711. The Balaban J connectivity index is 1.96. The summed E-state index contributed by atoms with van der Waals surface area (Å²) in [5.74, 6) is 1.72. The summed E-state index contributed by atoms with van der Waals surface area (Å²) in [6.07, 6.45) is 0. The van der Waals surface area contributed by atoms with Crippen molar-refractivity contribution < 1.29 is 23.7 Å². The second-order valence-electron chi connectivity index (χ2n) is 5.43. The zero-order valence-corrected chi connectivity index (χ0v) is 16.0. The van der Waals surface area contributed by atoms with Crippen molar-refractivity contribution in [2.24, 2.45) is 0 Å². The molecule has 0 heterocycles. The molecule has 140 valence electrons. The Labute approximate surface area is 158 Å². The smallest absolute Gasteiger partial charge is 0.251 e. The van der Waals surface area contributed by atoms with Crippen LogP contribution < -0.4 is 24.3 Å². The van der Waals surface area contributed by atoms with Crippen LogP contribution in [0.5, 0.6) is 23.0 Å². The number of halogens is 1. The van der Waals surface area contributed by atoms with Crippen LogP contribution in [0.1, 0.15) is 15.9 Å². The number of benzene rings is 2. The fourth-order valence-electron chi connectivity index (χ4n) is 2.35. The molecule has 0 aliphatic carbocycles. The molecule has 7 heteroatoms. The lowest BCUT2D eigenvalue weighted by Crippen LogP contribution is -2.28. The number of aryl methyl sites for hydroxylation is 1. The van der Waals surface area contributed by atoms with Crippen molar-refractivity contribution in [1.82, 2.24) is 5.32 Å². The van der Waals surface area contributed by atoms with Gasteiger partial charge in [0.25, 0.3) is 5.91 Å². The summed E-state index contributed by atoms with van der Waals surface area (Å²) in [7, 11) is 4.51. The summed E-state index contributed by atoms with van der Waals surface area (Å²) < 4.78 is 21.4. The first-order chi connectivity index (χ1) is 12.5. The second kappa shape index (κ2) is 9.20. The van der Waals surface area contributed by atoms with Crippen molar-refractivity contribution in [3.63, 3.8) is 0 Å². The maximum absolute atomic E-state index is 12.4. The molecule has 0 radical (unpaired) electrons. The van der Waals surface area contributed by atoms with Crippen LogP contribution >= 0.6 is 11.6 Å². The maximum atomic E-state index is 12.4. The highest BCUT2D eigenvalue weighted by molar-refractivity contribution is 6.31. The second-order valence-corrected chi connectivity index (χ2v) is 5.84. The zero-order valence-electron chi connectivity index (χ0n) is 15.2. The first-order valence-corrected chi connectivity index (χ1v) is 8.35. The monoisotopic (exact) mass is 379 g/mol. The predicted molar refractivity (Wildman–Crippen MR) is 100 cm³/mol. The average Bonchev–Trinajstić information content (AvgIpc) is 2.66. The largest absolute Gasteiger partial charge is 0.493 e. The van der Waals surface area contributed by atoms with Crippen molar-refractivity contribution in [1.29, 1.82) is 0 Å². The summed E-state index contributed by atoms with van der Waals surface area (Å²) >= 11 is 5.98. The van der Waals surface area contributed by atoms with Crippen LogP contribution in [0.4, 0.5) is 0 Å². The Morgan fingerprint density at radius 1 is 1.04 bits per heavy atom. The van der Waals surface area contributed by atoms with Crippen molar-refractivity contribution in [3.8, 4) is 23.0 Å². The Kier molecular flexibility index (Phi) is 6.97. The van der Waals surface area contributed by atoms with Gasteiger partial charge in [-0.25, -0.2) is 0 Å². The molecule has 2 rings (SSSR count). The highest BCUT2D eigenvalue weighted by atomic mass is 35.5. The molecule has 0 atom stereocenters. The topological polar surface area (TPSA) is 66.0 Å². The van der Waals surface area contributed by atoms with Crippen LogP contribution in [-0.4, -0.2) is 40.4 Å². The summed E-state index contributed by atoms with van der Waals surface area (Å²) in [6, 6.07) is 8.61. The van der Waals surface area contributed by atoms with Gasteiger partial charge in [0.05, 0.1) is 27.9 Å². The van der Waals surface area contributed by atoms with E-state index in [1.54, 1.807) is 24.3 Å². The Bertz CT molecular complexity index is 754. The average molecular weight is 380 g/mol. The Morgan fingerprint density at radius 3 is 2.23 bits per heavy atom. The van der Waals surface area contributed by atoms with Gasteiger partial charge < -0.3 is 24.3 Å². The van der Waals surface area contributed by atoms with Crippen LogP contribution in [0, 0.1) is 6.92 Å². The van der Waals surface area contributed by atoms with E-state index in [0.717, 1.165) is 5.56 Å². The molecule has 2 aromatic rings. The van der Waals surface area contributed by atoms with Gasteiger partial charge >= 0.3 is 0 Å². The summed E-state index contributed by atoms with van der Waals surface area (Å²) in [6.45, 7) is 2.58. The lowest BCUT2D eigenvalue weighted by Gasteiger charge is -2.14. The van der Waals surface area contributed by atoms with E-state index in [2.05, 4.69) is 5.32 Å². The van der Waals surface area contributed by atoms with E-state index in [9.17, 15) is 4.79 Å². The van der Waals surface area contributed by atoms with E-state index in [1.165, 1.54) is 21.3 Å². The van der Waals surface area contributed by atoms with Gasteiger partial charge in [0.1, 0.15) is 12.4 Å². The molecule has 0 unspecified atom stereocenters. The molecule has 1 N–H and O–H groups in total. The van der Waals surface area contributed by atoms with Gasteiger partial charge in [-0.3, -0.25) is 4.79 Å². The number of carbonyl (C=O) groups is 1. The lowest BCUT2D eigenvalue weighted by atomic mass is 10.1. The molecule has 6 nitrogen and oxygen atoms in total. The standard InChI is InChI=1S/C19H22ClNO5/c1-12-9-14(5-6-15(12)20)26-8-7-21-19(22)13-10-16(23-2)18(25-4)17(11-13)24-3/h5-6,9-11H,7-8H2,1-4H3,(H,21,22). The van der Waals surface area contributed by atoms with E-state index < -0.39 is 0 Å². The number of nitrogens with one attached hydrogen (secondary N) is 1. The number of amides is 1. The van der Waals surface area contributed by atoms with Gasteiger partial charge in [0.15, 0.2) is 11.5 Å². The van der Waals surface area contributed by atoms with E-state index in [4.69, 9.17) is 30.5 Å². The zero-order chi connectivity index (χ0) is 19.1. The van der Waals surface area contributed by atoms with Gasteiger partial charge in [-0.15, -0.1) is 0 Å². The summed E-state index contributed by atoms with van der Waals surface area (Å²) in [5, 5.41) is 3.48. The minimum atomic E-state index is -0.264. The van der Waals surface area contributed by atoms with Crippen LogP contribution in [-0.2, 0) is 0 Å². The van der Waals surface area contributed by atoms with E-state index >= 15 is 0 Å². The number of ether oxygens (including phenoxy) is 4. The fourth-order valence-corrected chi connectivity index (χ4v) is 2.47. The molecule has 0 saturated carbocycles. The third-order valence-electron chi connectivity index (χ3n) is 3.71. The number of methoxy groups -OCH3 is 3. The maximum Gasteiger partial charge on any atom is 0.251 e. The summed E-state index contributed by atoms with van der Waals surface area (Å²) in [4.78, 5) is 12.4. The molecule has 0 fully saturated rings. The SMILES string of the molecule is COc1cc(C(=O)NCCOc2ccc(Cl)c(C)c2)cc(OC)c1OC. The minimum absolute atomic E-state index is 0.264. The van der Waals surface area contributed by atoms with E-state index in [1.807, 2.05) is 13.0 Å². The van der Waals surface area contributed by atoms with Gasteiger partial charge in [-0.1, -0.05) is 11.6 Å². The van der Waals surface area contributed by atoms with Gasteiger partial charge in [0, 0.05) is 10.6 Å². The molecule has 0 bridgehead atoms. The molecule has 0 aromatic heterocycles. The lowest BCUT2D eigenvalue weighted by molar-refractivity contribution is 0.0946. The highest BCUT2D eigenvalue weighted by Gasteiger charge is 2.16. The third-order valence-corrected chi connectivity index (χ3v) is 4.14. The van der Waals surface area contributed by atoms with Gasteiger partial charge in [0.2, 0.25) is 5.75 Å². The van der Waals surface area contributed by atoms with Gasteiger partial charge in [-0.05, 0) is 42.8 Å².